The number of fused-ring (bicyclic) bond motifs is 1. The van der Waals surface area contributed by atoms with Crippen LogP contribution in [0.3, 0.4) is 0 Å². The minimum Gasteiger partial charge on any atom is -0.497 e. The smallest absolute Gasteiger partial charge is 0.338 e. The Hall–Kier alpha value is -3.93. The topological polar surface area (TPSA) is 81.3 Å². The normalized spacial score (nSPS) is 10.7. The molecule has 0 spiro atoms. The van der Waals surface area contributed by atoms with E-state index >= 15 is 0 Å². The second kappa shape index (κ2) is 8.61. The Morgan fingerprint density at radius 2 is 1.80 bits per heavy atom. The van der Waals surface area contributed by atoms with Crippen LogP contribution >= 0.6 is 0 Å². The Morgan fingerprint density at radius 1 is 1.00 bits per heavy atom. The van der Waals surface area contributed by atoms with Gasteiger partial charge in [0.1, 0.15) is 18.2 Å². The third-order valence-corrected chi connectivity index (χ3v) is 4.76. The van der Waals surface area contributed by atoms with Gasteiger partial charge in [0.05, 0.1) is 23.6 Å². The minimum atomic E-state index is -0.434. The number of carbonyl (C=O) groups is 1. The van der Waals surface area contributed by atoms with Gasteiger partial charge in [-0.15, -0.1) is 0 Å². The lowest BCUT2D eigenvalue weighted by atomic mass is 10.0. The molecule has 0 aliphatic carbocycles. The number of benzene rings is 3. The fourth-order valence-electron chi connectivity index (χ4n) is 3.26. The minimum absolute atomic E-state index is 0.134. The maximum atomic E-state index is 12.7. The van der Waals surface area contributed by atoms with Crippen LogP contribution in [0, 0.1) is 0 Å². The third-order valence-electron chi connectivity index (χ3n) is 4.76. The predicted molar refractivity (Wildman–Crippen MR) is 114 cm³/mol. The summed E-state index contributed by atoms with van der Waals surface area (Å²) in [5.74, 6) is 0.763. The first-order valence-electron chi connectivity index (χ1n) is 9.50. The number of nitrogens with zero attached hydrogens (tertiary/aromatic N) is 1. The summed E-state index contributed by atoms with van der Waals surface area (Å²) in [5.41, 5.74) is 2.42. The molecule has 30 heavy (non-hydrogen) atoms. The number of aromatic amines is 1. The fourth-order valence-corrected chi connectivity index (χ4v) is 3.26. The highest BCUT2D eigenvalue weighted by Crippen LogP contribution is 2.17. The zero-order valence-electron chi connectivity index (χ0n) is 16.4. The largest absolute Gasteiger partial charge is 0.497 e. The lowest BCUT2D eigenvalue weighted by Crippen LogP contribution is -2.14. The van der Waals surface area contributed by atoms with Gasteiger partial charge in [0, 0.05) is 6.42 Å². The van der Waals surface area contributed by atoms with Crippen LogP contribution in [0.5, 0.6) is 5.75 Å². The molecule has 1 heterocycles. The van der Waals surface area contributed by atoms with Crippen molar-refractivity contribution in [2.45, 2.75) is 13.0 Å². The standard InChI is InChI=1S/C24H20N2O4/c1-29-18-9-6-7-16(13-18)15-30-24(28)19-10-3-2-8-17(19)14-22-25-21-12-5-4-11-20(21)23(27)26-22/h2-13H,14-15H2,1H3,(H,25,26,27). The van der Waals surface area contributed by atoms with Crippen LogP contribution in [0.4, 0.5) is 0 Å². The predicted octanol–water partition coefficient (Wildman–Crippen LogP) is 3.88. The van der Waals surface area contributed by atoms with Gasteiger partial charge in [0.15, 0.2) is 0 Å². The molecule has 150 valence electrons. The van der Waals surface area contributed by atoms with Crippen LogP contribution < -0.4 is 10.3 Å². The van der Waals surface area contributed by atoms with Gasteiger partial charge in [-0.3, -0.25) is 4.79 Å². The molecular formula is C24H20N2O4. The number of para-hydroxylation sites is 1. The molecule has 0 fully saturated rings. The van der Waals surface area contributed by atoms with E-state index in [1.807, 2.05) is 42.5 Å². The number of ether oxygens (including phenoxy) is 2. The van der Waals surface area contributed by atoms with Crippen molar-refractivity contribution >= 4 is 16.9 Å². The number of aromatic nitrogens is 2. The number of nitrogens with one attached hydrogen (secondary N) is 1. The Labute approximate surface area is 173 Å². The number of H-pyrrole nitrogens is 1. The zero-order valence-corrected chi connectivity index (χ0v) is 16.4. The van der Waals surface area contributed by atoms with E-state index in [1.165, 1.54) is 0 Å². The number of methoxy groups -OCH3 is 1. The number of hydrogen-bond donors (Lipinski definition) is 1. The van der Waals surface area contributed by atoms with E-state index in [1.54, 1.807) is 37.4 Å². The first-order valence-corrected chi connectivity index (χ1v) is 9.50. The fraction of sp³-hybridized carbons (Fsp3) is 0.125. The Kier molecular flexibility index (Phi) is 5.57. The summed E-state index contributed by atoms with van der Waals surface area (Å²) in [5, 5.41) is 0.534. The third kappa shape index (κ3) is 4.22. The molecule has 6 nitrogen and oxygen atoms in total. The van der Waals surface area contributed by atoms with Crippen molar-refractivity contribution in [2.24, 2.45) is 0 Å². The van der Waals surface area contributed by atoms with Gasteiger partial charge in [-0.25, -0.2) is 9.78 Å². The Morgan fingerprint density at radius 3 is 2.67 bits per heavy atom. The SMILES string of the molecule is COc1cccc(COC(=O)c2ccccc2Cc2nc3ccccc3c(=O)[nH]2)c1. The first kappa shape index (κ1) is 19.4. The monoisotopic (exact) mass is 400 g/mol. The number of carbonyl (C=O) groups excluding carboxylic acids is 1. The summed E-state index contributed by atoms with van der Waals surface area (Å²) in [6, 6.07) is 21.7. The molecule has 0 aliphatic rings. The van der Waals surface area contributed by atoms with Crippen molar-refractivity contribution in [1.29, 1.82) is 0 Å². The van der Waals surface area contributed by atoms with Gasteiger partial charge >= 0.3 is 5.97 Å². The van der Waals surface area contributed by atoms with E-state index in [2.05, 4.69) is 9.97 Å². The summed E-state index contributed by atoms with van der Waals surface area (Å²) in [6.45, 7) is 0.134. The van der Waals surface area contributed by atoms with Crippen LogP contribution in [-0.4, -0.2) is 23.0 Å². The van der Waals surface area contributed by atoms with Gasteiger partial charge in [-0.1, -0.05) is 42.5 Å². The molecule has 0 saturated heterocycles. The van der Waals surface area contributed by atoms with Gasteiger partial charge in [-0.2, -0.15) is 0 Å². The maximum absolute atomic E-state index is 12.7. The molecule has 0 bridgehead atoms. The molecule has 1 N–H and O–H groups in total. The van der Waals surface area contributed by atoms with Crippen LogP contribution in [0.25, 0.3) is 10.9 Å². The summed E-state index contributed by atoms with van der Waals surface area (Å²) in [6.07, 6.45) is 0.310. The summed E-state index contributed by atoms with van der Waals surface area (Å²) in [7, 11) is 1.59. The molecule has 0 aliphatic heterocycles. The van der Waals surface area contributed by atoms with E-state index in [4.69, 9.17) is 9.47 Å². The summed E-state index contributed by atoms with van der Waals surface area (Å²) >= 11 is 0. The highest BCUT2D eigenvalue weighted by atomic mass is 16.5. The van der Waals surface area contributed by atoms with E-state index in [0.29, 0.717) is 34.5 Å². The lowest BCUT2D eigenvalue weighted by Gasteiger charge is -2.10. The van der Waals surface area contributed by atoms with Crippen molar-refractivity contribution in [3.8, 4) is 5.75 Å². The number of hydrogen-bond acceptors (Lipinski definition) is 5. The van der Waals surface area contributed by atoms with Gasteiger partial charge in [0.2, 0.25) is 0 Å². The first-order chi connectivity index (χ1) is 14.6. The number of esters is 1. The molecule has 6 heteroatoms. The van der Waals surface area contributed by atoms with Gasteiger partial charge < -0.3 is 14.5 Å². The van der Waals surface area contributed by atoms with E-state index in [-0.39, 0.29) is 12.2 Å². The zero-order chi connectivity index (χ0) is 20.9. The summed E-state index contributed by atoms with van der Waals surface area (Å²) < 4.78 is 10.7. The van der Waals surface area contributed by atoms with Crippen LogP contribution in [0.2, 0.25) is 0 Å². The average Bonchev–Trinajstić information content (AvgIpc) is 2.78. The van der Waals surface area contributed by atoms with E-state index in [9.17, 15) is 9.59 Å². The van der Waals surface area contributed by atoms with E-state index in [0.717, 1.165) is 11.1 Å². The van der Waals surface area contributed by atoms with Crippen LogP contribution in [-0.2, 0) is 17.8 Å². The second-order valence-corrected chi connectivity index (χ2v) is 6.79. The van der Waals surface area contributed by atoms with Crippen molar-refractivity contribution in [3.63, 3.8) is 0 Å². The summed E-state index contributed by atoms with van der Waals surface area (Å²) in [4.78, 5) is 32.4. The highest BCUT2D eigenvalue weighted by Gasteiger charge is 2.14. The quantitative estimate of drug-likeness (QED) is 0.497. The molecule has 0 unspecified atom stereocenters. The molecule has 0 atom stereocenters. The van der Waals surface area contributed by atoms with Gasteiger partial charge in [-0.05, 0) is 41.5 Å². The Bertz CT molecular complexity index is 1260. The number of rotatable bonds is 6. The molecule has 0 radical (unpaired) electrons. The molecular weight excluding hydrogens is 380 g/mol. The van der Waals surface area contributed by atoms with Crippen molar-refractivity contribution < 1.29 is 14.3 Å². The highest BCUT2D eigenvalue weighted by molar-refractivity contribution is 5.91. The molecule has 4 rings (SSSR count). The molecule has 0 amide bonds. The van der Waals surface area contributed by atoms with Crippen molar-refractivity contribution in [3.05, 3.63) is 106 Å². The maximum Gasteiger partial charge on any atom is 0.338 e. The lowest BCUT2D eigenvalue weighted by molar-refractivity contribution is 0.0471. The molecule has 1 aromatic heterocycles. The van der Waals surface area contributed by atoms with Crippen LogP contribution in [0.15, 0.2) is 77.6 Å². The molecule has 0 saturated carbocycles. The van der Waals surface area contributed by atoms with Crippen molar-refractivity contribution in [1.82, 2.24) is 9.97 Å². The van der Waals surface area contributed by atoms with E-state index < -0.39 is 5.97 Å². The van der Waals surface area contributed by atoms with Gasteiger partial charge in [0.25, 0.3) is 5.56 Å². The van der Waals surface area contributed by atoms with Crippen LogP contribution in [0.1, 0.15) is 27.3 Å². The Balaban J connectivity index is 1.55. The molecule has 4 aromatic rings. The average molecular weight is 400 g/mol. The van der Waals surface area contributed by atoms with Crippen molar-refractivity contribution in [2.75, 3.05) is 7.11 Å². The second-order valence-electron chi connectivity index (χ2n) is 6.79. The molecule has 3 aromatic carbocycles.